The zero-order valence-electron chi connectivity index (χ0n) is 9.64. The Labute approximate surface area is 119 Å². The highest BCUT2D eigenvalue weighted by atomic mass is 35.5. The smallest absolute Gasteiger partial charge is 0.287 e. The normalized spacial score (nSPS) is 10.2. The largest absolute Gasteiger partial charge is 0.366 e. The molecule has 5 nitrogen and oxygen atoms in total. The predicted molar refractivity (Wildman–Crippen MR) is 74.7 cm³/mol. The van der Waals surface area contributed by atoms with Crippen LogP contribution in [0.5, 0.6) is 0 Å². The van der Waals surface area contributed by atoms with Gasteiger partial charge in [0.25, 0.3) is 5.69 Å². The zero-order valence-corrected chi connectivity index (χ0v) is 11.1. The van der Waals surface area contributed by atoms with Crippen LogP contribution < -0.4 is 5.32 Å². The molecule has 0 saturated carbocycles. The second-order valence-electron chi connectivity index (χ2n) is 3.76. The third kappa shape index (κ3) is 3.56. The van der Waals surface area contributed by atoms with Crippen LogP contribution in [0.1, 0.15) is 5.56 Å². The number of halogens is 2. The molecule has 0 atom stereocenters. The van der Waals surface area contributed by atoms with Crippen molar-refractivity contribution < 1.29 is 4.92 Å². The fourth-order valence-corrected chi connectivity index (χ4v) is 1.76. The van der Waals surface area contributed by atoms with Crippen molar-refractivity contribution in [2.24, 2.45) is 0 Å². The summed E-state index contributed by atoms with van der Waals surface area (Å²) in [7, 11) is 0. The highest BCUT2D eigenvalue weighted by Crippen LogP contribution is 2.23. The van der Waals surface area contributed by atoms with Gasteiger partial charge >= 0.3 is 0 Å². The predicted octanol–water partition coefficient (Wildman–Crippen LogP) is 3.91. The number of nitro groups is 1. The van der Waals surface area contributed by atoms with E-state index in [-0.39, 0.29) is 5.69 Å². The number of anilines is 1. The Morgan fingerprint density at radius 1 is 1.21 bits per heavy atom. The van der Waals surface area contributed by atoms with Crippen LogP contribution in [0.4, 0.5) is 11.5 Å². The Balaban J connectivity index is 2.01. The van der Waals surface area contributed by atoms with Crippen molar-refractivity contribution in [2.45, 2.75) is 6.54 Å². The minimum atomic E-state index is -0.490. The Morgan fingerprint density at radius 2 is 2.00 bits per heavy atom. The van der Waals surface area contributed by atoms with E-state index in [1.165, 1.54) is 12.3 Å². The van der Waals surface area contributed by atoms with Gasteiger partial charge in [0, 0.05) is 12.6 Å². The Bertz CT molecular complexity index is 602. The van der Waals surface area contributed by atoms with Crippen molar-refractivity contribution in [2.75, 3.05) is 5.32 Å². The molecule has 0 aliphatic heterocycles. The summed E-state index contributed by atoms with van der Waals surface area (Å²) in [5, 5.41) is 14.5. The van der Waals surface area contributed by atoms with E-state index < -0.39 is 4.92 Å². The van der Waals surface area contributed by atoms with Gasteiger partial charge in [-0.05, 0) is 23.8 Å². The highest BCUT2D eigenvalue weighted by Gasteiger charge is 2.05. The summed E-state index contributed by atoms with van der Waals surface area (Å²) in [5.41, 5.74) is 0.898. The number of pyridine rings is 1. The standard InChI is InChI=1S/C12H9Cl2N3O2/c13-10-3-1-8(5-11(10)14)6-15-12-4-2-9(7-16-12)17(18)19/h1-5,7H,6H2,(H,15,16). The molecule has 0 spiro atoms. The van der Waals surface area contributed by atoms with Crippen LogP contribution >= 0.6 is 23.2 Å². The van der Waals surface area contributed by atoms with E-state index in [1.807, 2.05) is 6.07 Å². The fourth-order valence-electron chi connectivity index (χ4n) is 1.44. The summed E-state index contributed by atoms with van der Waals surface area (Å²) < 4.78 is 0. The molecule has 0 aliphatic carbocycles. The molecular weight excluding hydrogens is 289 g/mol. The Hall–Kier alpha value is -1.85. The molecular formula is C12H9Cl2N3O2. The van der Waals surface area contributed by atoms with Crippen LogP contribution in [0.2, 0.25) is 10.0 Å². The first-order valence-corrected chi connectivity index (χ1v) is 6.10. The van der Waals surface area contributed by atoms with Crippen molar-refractivity contribution in [3.8, 4) is 0 Å². The number of benzene rings is 1. The first-order valence-electron chi connectivity index (χ1n) is 5.34. The molecule has 19 heavy (non-hydrogen) atoms. The summed E-state index contributed by atoms with van der Waals surface area (Å²) in [6.07, 6.45) is 1.21. The highest BCUT2D eigenvalue weighted by molar-refractivity contribution is 6.42. The van der Waals surface area contributed by atoms with Crippen molar-refractivity contribution in [1.29, 1.82) is 0 Å². The maximum Gasteiger partial charge on any atom is 0.287 e. The van der Waals surface area contributed by atoms with Gasteiger partial charge in [0.15, 0.2) is 0 Å². The average Bonchev–Trinajstić information content (AvgIpc) is 2.40. The lowest BCUT2D eigenvalue weighted by atomic mass is 10.2. The van der Waals surface area contributed by atoms with Gasteiger partial charge < -0.3 is 5.32 Å². The van der Waals surface area contributed by atoms with Gasteiger partial charge in [-0.3, -0.25) is 10.1 Å². The number of hydrogen-bond acceptors (Lipinski definition) is 4. The van der Waals surface area contributed by atoms with Gasteiger partial charge in [0.05, 0.1) is 15.0 Å². The molecule has 1 aromatic heterocycles. The molecule has 0 fully saturated rings. The molecule has 1 heterocycles. The molecule has 0 radical (unpaired) electrons. The first kappa shape index (κ1) is 13.6. The second-order valence-corrected chi connectivity index (χ2v) is 4.58. The van der Waals surface area contributed by atoms with Crippen LogP contribution in [0.15, 0.2) is 36.5 Å². The monoisotopic (exact) mass is 297 g/mol. The van der Waals surface area contributed by atoms with Gasteiger partial charge in [-0.2, -0.15) is 0 Å². The summed E-state index contributed by atoms with van der Waals surface area (Å²) in [6.45, 7) is 0.502. The van der Waals surface area contributed by atoms with Crippen molar-refractivity contribution in [1.82, 2.24) is 4.98 Å². The lowest BCUT2D eigenvalue weighted by Crippen LogP contribution is -2.01. The molecule has 7 heteroatoms. The molecule has 2 aromatic rings. The molecule has 2 rings (SSSR count). The zero-order chi connectivity index (χ0) is 13.8. The van der Waals surface area contributed by atoms with Gasteiger partial charge in [0.1, 0.15) is 12.0 Å². The van der Waals surface area contributed by atoms with Crippen LogP contribution in [0, 0.1) is 10.1 Å². The summed E-state index contributed by atoms with van der Waals surface area (Å²) in [4.78, 5) is 13.9. The van der Waals surface area contributed by atoms with Crippen LogP contribution in [0.25, 0.3) is 0 Å². The van der Waals surface area contributed by atoms with Crippen molar-refractivity contribution in [3.63, 3.8) is 0 Å². The minimum Gasteiger partial charge on any atom is -0.366 e. The van der Waals surface area contributed by atoms with Crippen LogP contribution in [0.3, 0.4) is 0 Å². The van der Waals surface area contributed by atoms with E-state index in [0.717, 1.165) is 5.56 Å². The van der Waals surface area contributed by atoms with Gasteiger partial charge in [-0.25, -0.2) is 4.98 Å². The van der Waals surface area contributed by atoms with E-state index in [1.54, 1.807) is 18.2 Å². The van der Waals surface area contributed by atoms with E-state index in [0.29, 0.717) is 22.4 Å². The Morgan fingerprint density at radius 3 is 2.58 bits per heavy atom. The number of nitrogens with one attached hydrogen (secondary N) is 1. The maximum absolute atomic E-state index is 10.5. The van der Waals surface area contributed by atoms with Gasteiger partial charge in [-0.15, -0.1) is 0 Å². The van der Waals surface area contributed by atoms with E-state index >= 15 is 0 Å². The Kier molecular flexibility index (Phi) is 4.19. The van der Waals surface area contributed by atoms with Crippen molar-refractivity contribution >= 4 is 34.7 Å². The van der Waals surface area contributed by atoms with Crippen LogP contribution in [-0.2, 0) is 6.54 Å². The minimum absolute atomic E-state index is 0.0416. The molecule has 0 unspecified atom stereocenters. The quantitative estimate of drug-likeness (QED) is 0.686. The maximum atomic E-state index is 10.5. The lowest BCUT2D eigenvalue weighted by Gasteiger charge is -2.06. The number of rotatable bonds is 4. The fraction of sp³-hybridized carbons (Fsp3) is 0.0833. The van der Waals surface area contributed by atoms with E-state index in [4.69, 9.17) is 23.2 Å². The molecule has 0 saturated heterocycles. The molecule has 98 valence electrons. The average molecular weight is 298 g/mol. The van der Waals surface area contributed by atoms with E-state index in [2.05, 4.69) is 10.3 Å². The summed E-state index contributed by atoms with van der Waals surface area (Å²) >= 11 is 11.7. The number of hydrogen-bond donors (Lipinski definition) is 1. The lowest BCUT2D eigenvalue weighted by molar-refractivity contribution is -0.385. The molecule has 1 aromatic carbocycles. The van der Waals surface area contributed by atoms with E-state index in [9.17, 15) is 10.1 Å². The number of aromatic nitrogens is 1. The SMILES string of the molecule is O=[N+]([O-])c1ccc(NCc2ccc(Cl)c(Cl)c2)nc1. The number of nitrogens with zero attached hydrogens (tertiary/aromatic N) is 2. The summed E-state index contributed by atoms with van der Waals surface area (Å²) in [6, 6.07) is 8.25. The molecule has 1 N–H and O–H groups in total. The third-order valence-corrected chi connectivity index (χ3v) is 3.16. The van der Waals surface area contributed by atoms with Gasteiger partial charge in [-0.1, -0.05) is 29.3 Å². The third-order valence-electron chi connectivity index (χ3n) is 2.42. The van der Waals surface area contributed by atoms with Crippen LogP contribution in [-0.4, -0.2) is 9.91 Å². The summed E-state index contributed by atoms with van der Waals surface area (Å²) in [5.74, 6) is 0.552. The first-order chi connectivity index (χ1) is 9.06. The topological polar surface area (TPSA) is 68.1 Å². The van der Waals surface area contributed by atoms with Crippen molar-refractivity contribution in [3.05, 3.63) is 62.3 Å². The molecule has 0 bridgehead atoms. The molecule has 0 aliphatic rings. The van der Waals surface area contributed by atoms with Gasteiger partial charge in [0.2, 0.25) is 0 Å². The second kappa shape index (κ2) is 5.86. The molecule has 0 amide bonds.